The third-order valence-corrected chi connectivity index (χ3v) is 7.30. The van der Waals surface area contributed by atoms with E-state index < -0.39 is 0 Å². The minimum Gasteiger partial charge on any atom is -0.367 e. The number of nitrogens with zero attached hydrogens (tertiary/aromatic N) is 1. The molecule has 3 nitrogen and oxygen atoms in total. The summed E-state index contributed by atoms with van der Waals surface area (Å²) in [5, 5.41) is 6.92. The molecule has 174 valence electrons. The van der Waals surface area contributed by atoms with Crippen LogP contribution in [0.25, 0.3) is 10.8 Å². The van der Waals surface area contributed by atoms with Crippen molar-refractivity contribution in [1.82, 2.24) is 5.32 Å². The summed E-state index contributed by atoms with van der Waals surface area (Å²) in [6.45, 7) is 4.56. The fourth-order valence-electron chi connectivity index (χ4n) is 5.14. The summed E-state index contributed by atoms with van der Waals surface area (Å²) < 4.78 is 0. The minimum absolute atomic E-state index is 0.564. The average molecular weight is 470 g/mol. The van der Waals surface area contributed by atoms with Gasteiger partial charge in [-0.05, 0) is 95.2 Å². The first-order valence-corrected chi connectivity index (χ1v) is 12.5. The molecule has 1 heterocycles. The van der Waals surface area contributed by atoms with Crippen LogP contribution in [-0.4, -0.2) is 19.6 Å². The Kier molecular flexibility index (Phi) is 7.15. The second-order valence-electron chi connectivity index (χ2n) is 9.45. The number of hydrogen-bond acceptors (Lipinski definition) is 3. The van der Waals surface area contributed by atoms with Crippen LogP contribution < -0.4 is 16.0 Å². The summed E-state index contributed by atoms with van der Waals surface area (Å²) in [5.74, 6) is 1.21. The monoisotopic (exact) mass is 469 g/mol. The first kappa shape index (κ1) is 22.9. The van der Waals surface area contributed by atoms with Gasteiger partial charge >= 0.3 is 0 Å². The van der Waals surface area contributed by atoms with Crippen LogP contribution in [0.1, 0.15) is 16.7 Å². The lowest BCUT2D eigenvalue weighted by atomic mass is 9.89. The van der Waals surface area contributed by atoms with Crippen LogP contribution in [0.15, 0.2) is 91.0 Å². The summed E-state index contributed by atoms with van der Waals surface area (Å²) in [5.41, 5.74) is 11.0. The van der Waals surface area contributed by atoms with Gasteiger partial charge in [0.15, 0.2) is 0 Å². The number of benzene rings is 4. The van der Waals surface area contributed by atoms with Crippen molar-refractivity contribution in [1.29, 1.82) is 0 Å². The fourth-order valence-corrected chi connectivity index (χ4v) is 5.27. The highest BCUT2D eigenvalue weighted by atomic mass is 35.5. The summed E-state index contributed by atoms with van der Waals surface area (Å²) in [6, 6.07) is 32.4. The van der Waals surface area contributed by atoms with Crippen molar-refractivity contribution in [3.63, 3.8) is 0 Å². The quantitative estimate of drug-likeness (QED) is 0.330. The number of nitrogens with one attached hydrogen (secondary N) is 1. The largest absolute Gasteiger partial charge is 0.367 e. The molecular weight excluding hydrogens is 438 g/mol. The molecule has 0 aliphatic carbocycles. The van der Waals surface area contributed by atoms with E-state index >= 15 is 0 Å². The molecule has 0 spiro atoms. The van der Waals surface area contributed by atoms with Gasteiger partial charge in [0, 0.05) is 30.3 Å². The van der Waals surface area contributed by atoms with Crippen LogP contribution in [-0.2, 0) is 19.5 Å². The van der Waals surface area contributed by atoms with Crippen LogP contribution in [0, 0.1) is 11.8 Å². The molecule has 4 aromatic rings. The first-order valence-electron chi connectivity index (χ1n) is 12.1. The number of rotatable bonds is 8. The maximum atomic E-state index is 6.22. The molecule has 34 heavy (non-hydrogen) atoms. The van der Waals surface area contributed by atoms with Gasteiger partial charge in [0.1, 0.15) is 0 Å². The Morgan fingerprint density at radius 3 is 2.24 bits per heavy atom. The zero-order valence-corrected chi connectivity index (χ0v) is 20.2. The molecule has 0 radical (unpaired) electrons. The molecule has 1 aliphatic rings. The van der Waals surface area contributed by atoms with Crippen molar-refractivity contribution >= 4 is 28.1 Å². The molecular formula is C30H32ClN3. The lowest BCUT2D eigenvalue weighted by molar-refractivity contribution is 0.413. The Morgan fingerprint density at radius 2 is 1.47 bits per heavy atom. The van der Waals surface area contributed by atoms with E-state index in [1.807, 2.05) is 12.1 Å². The molecule has 0 aromatic heterocycles. The molecule has 0 amide bonds. The van der Waals surface area contributed by atoms with E-state index in [2.05, 4.69) is 89.1 Å². The van der Waals surface area contributed by atoms with Crippen LogP contribution in [0.2, 0.25) is 5.02 Å². The van der Waals surface area contributed by atoms with Crippen LogP contribution in [0.4, 0.5) is 5.69 Å². The van der Waals surface area contributed by atoms with Gasteiger partial charge in [-0.25, -0.2) is 0 Å². The summed E-state index contributed by atoms with van der Waals surface area (Å²) in [4.78, 5) is 2.51. The van der Waals surface area contributed by atoms with Gasteiger partial charge in [-0.1, -0.05) is 66.2 Å². The zero-order chi connectivity index (χ0) is 23.3. The van der Waals surface area contributed by atoms with E-state index in [0.29, 0.717) is 18.4 Å². The highest BCUT2D eigenvalue weighted by molar-refractivity contribution is 6.30. The Labute approximate surface area is 207 Å². The Hall–Kier alpha value is -2.85. The smallest absolute Gasteiger partial charge is 0.0429 e. The Morgan fingerprint density at radius 1 is 0.765 bits per heavy atom. The average Bonchev–Trinajstić information content (AvgIpc) is 3.30. The zero-order valence-electron chi connectivity index (χ0n) is 19.5. The van der Waals surface area contributed by atoms with Crippen LogP contribution >= 0.6 is 11.6 Å². The summed E-state index contributed by atoms with van der Waals surface area (Å²) in [7, 11) is 0. The summed E-state index contributed by atoms with van der Waals surface area (Å²) >= 11 is 6.22. The molecule has 0 unspecified atom stereocenters. The number of nitrogens with two attached hydrogens (primary N) is 1. The van der Waals surface area contributed by atoms with Gasteiger partial charge in [0.25, 0.3) is 0 Å². The van der Waals surface area contributed by atoms with Crippen molar-refractivity contribution in [2.75, 3.05) is 24.5 Å². The molecule has 4 aromatic carbocycles. The molecule has 1 aliphatic heterocycles. The van der Waals surface area contributed by atoms with Crippen molar-refractivity contribution in [3.8, 4) is 0 Å². The van der Waals surface area contributed by atoms with Gasteiger partial charge in [-0.2, -0.15) is 0 Å². The first-order chi connectivity index (χ1) is 16.7. The topological polar surface area (TPSA) is 41.3 Å². The molecule has 1 saturated heterocycles. The normalized spacial score (nSPS) is 17.8. The number of fused-ring (bicyclic) bond motifs is 1. The highest BCUT2D eigenvalue weighted by Crippen LogP contribution is 2.28. The predicted octanol–water partition coefficient (Wildman–Crippen LogP) is 6.04. The van der Waals surface area contributed by atoms with Crippen molar-refractivity contribution in [3.05, 3.63) is 113 Å². The van der Waals surface area contributed by atoms with Gasteiger partial charge in [-0.3, -0.25) is 0 Å². The van der Waals surface area contributed by atoms with Gasteiger partial charge in [0.2, 0.25) is 0 Å². The Balaban J connectivity index is 1.39. The fraction of sp³-hybridized carbons (Fsp3) is 0.267. The lowest BCUT2D eigenvalue weighted by Gasteiger charge is -2.30. The van der Waals surface area contributed by atoms with Crippen molar-refractivity contribution in [2.45, 2.75) is 19.5 Å². The van der Waals surface area contributed by atoms with Crippen molar-refractivity contribution < 1.29 is 0 Å². The van der Waals surface area contributed by atoms with Gasteiger partial charge in [-0.15, -0.1) is 0 Å². The predicted molar refractivity (Wildman–Crippen MR) is 144 cm³/mol. The number of hydrogen-bond donors (Lipinski definition) is 2. The second kappa shape index (κ2) is 10.6. The Bertz CT molecular complexity index is 1220. The molecule has 4 heteroatoms. The van der Waals surface area contributed by atoms with Crippen molar-refractivity contribution in [2.24, 2.45) is 17.6 Å². The molecule has 1 fully saturated rings. The maximum Gasteiger partial charge on any atom is 0.0429 e. The lowest BCUT2D eigenvalue weighted by Crippen LogP contribution is -2.33. The van der Waals surface area contributed by atoms with Gasteiger partial charge < -0.3 is 16.0 Å². The van der Waals surface area contributed by atoms with E-state index in [-0.39, 0.29) is 0 Å². The van der Waals surface area contributed by atoms with E-state index in [1.54, 1.807) is 0 Å². The minimum atomic E-state index is 0.564. The van der Waals surface area contributed by atoms with Gasteiger partial charge in [0.05, 0.1) is 0 Å². The van der Waals surface area contributed by atoms with Crippen LogP contribution in [0.5, 0.6) is 0 Å². The SMILES string of the molecule is NCc1ccc2ccc(CN(C[C@H]3CNC[C@@H]3Cc3ccccc3)c3ccc(Cl)cc3)cc2c1. The third kappa shape index (κ3) is 5.44. The van der Waals surface area contributed by atoms with E-state index in [9.17, 15) is 0 Å². The number of halogens is 1. The maximum absolute atomic E-state index is 6.22. The molecule has 5 rings (SSSR count). The number of anilines is 1. The van der Waals surface area contributed by atoms with E-state index in [1.165, 1.54) is 33.2 Å². The highest BCUT2D eigenvalue weighted by Gasteiger charge is 2.29. The standard InChI is InChI=1S/C30H32ClN3/c31-29-10-12-30(13-11-29)34(20-24-7-9-25-8-6-23(17-32)15-26(25)16-24)21-28-19-33-18-27(28)14-22-4-2-1-3-5-22/h1-13,15-16,27-28,33H,14,17-21,32H2/t27-,28+/m0/s1. The second-order valence-corrected chi connectivity index (χ2v) is 9.88. The van der Waals surface area contributed by atoms with E-state index in [0.717, 1.165) is 37.6 Å². The molecule has 2 atom stereocenters. The third-order valence-electron chi connectivity index (χ3n) is 7.05. The van der Waals surface area contributed by atoms with E-state index in [4.69, 9.17) is 17.3 Å². The summed E-state index contributed by atoms with van der Waals surface area (Å²) in [6.07, 6.45) is 1.12. The van der Waals surface area contributed by atoms with Crippen LogP contribution in [0.3, 0.4) is 0 Å². The molecule has 0 saturated carbocycles. The molecule has 3 N–H and O–H groups in total. The molecule has 0 bridgehead atoms.